The molecule has 1 aromatic heterocycles. The number of carboxylic acids is 1. The Morgan fingerprint density at radius 2 is 1.54 bits per heavy atom. The van der Waals surface area contributed by atoms with Gasteiger partial charge in [-0.05, 0) is 54.6 Å². The number of hydrogen-bond donors (Lipinski definition) is 3. The average molecular weight is 322 g/mol. The number of benzene rings is 2. The summed E-state index contributed by atoms with van der Waals surface area (Å²) in [5.74, 6) is -0.765. The van der Waals surface area contributed by atoms with Gasteiger partial charge in [0.2, 0.25) is 0 Å². The molecule has 0 fully saturated rings. The van der Waals surface area contributed by atoms with Crippen LogP contribution in [0.1, 0.15) is 5.56 Å². The van der Waals surface area contributed by atoms with Crippen LogP contribution in [0.4, 0.5) is 0 Å². The molecular formula is C18H14N2O4. The van der Waals surface area contributed by atoms with E-state index in [-0.39, 0.29) is 11.5 Å². The summed E-state index contributed by atoms with van der Waals surface area (Å²) < 4.78 is 1.60. The first-order valence-electron chi connectivity index (χ1n) is 7.12. The number of carboxylic acid groups (broad SMARTS) is 1. The van der Waals surface area contributed by atoms with Gasteiger partial charge in [-0.2, -0.15) is 5.10 Å². The molecule has 120 valence electrons. The molecule has 24 heavy (non-hydrogen) atoms. The standard InChI is InChI=1S/C18H14N2O4/c21-15-6-1-12(2-7-15)18-13(3-10-17(23)24)11-20(19-18)14-4-8-16(22)9-5-14/h1-11,21-22H,(H,23,24)/b10-3+. The molecule has 6 nitrogen and oxygen atoms in total. The Balaban J connectivity index is 2.09. The van der Waals surface area contributed by atoms with E-state index in [1.807, 2.05) is 0 Å². The highest BCUT2D eigenvalue weighted by atomic mass is 16.4. The molecule has 1 heterocycles. The zero-order valence-electron chi connectivity index (χ0n) is 12.5. The second-order valence-corrected chi connectivity index (χ2v) is 5.11. The lowest BCUT2D eigenvalue weighted by Crippen LogP contribution is -1.94. The first kappa shape index (κ1) is 15.4. The zero-order valence-corrected chi connectivity index (χ0v) is 12.5. The van der Waals surface area contributed by atoms with Crippen LogP contribution in [0, 0.1) is 0 Å². The van der Waals surface area contributed by atoms with Crippen LogP contribution in [0.25, 0.3) is 23.0 Å². The molecule has 3 rings (SSSR count). The van der Waals surface area contributed by atoms with Crippen molar-refractivity contribution in [2.45, 2.75) is 0 Å². The minimum absolute atomic E-state index is 0.138. The highest BCUT2D eigenvalue weighted by Gasteiger charge is 2.11. The SMILES string of the molecule is O=C(O)/C=C/c1cn(-c2ccc(O)cc2)nc1-c1ccc(O)cc1. The first-order chi connectivity index (χ1) is 11.5. The fourth-order valence-corrected chi connectivity index (χ4v) is 2.25. The Morgan fingerprint density at radius 3 is 2.12 bits per heavy atom. The van der Waals surface area contributed by atoms with Gasteiger partial charge >= 0.3 is 5.97 Å². The molecule has 0 saturated heterocycles. The van der Waals surface area contributed by atoms with Gasteiger partial charge in [0.15, 0.2) is 0 Å². The molecule has 2 aromatic carbocycles. The van der Waals surface area contributed by atoms with Crippen molar-refractivity contribution < 1.29 is 20.1 Å². The van der Waals surface area contributed by atoms with Crippen molar-refractivity contribution >= 4 is 12.0 Å². The lowest BCUT2D eigenvalue weighted by Gasteiger charge is -2.01. The Bertz CT molecular complexity index is 894. The summed E-state index contributed by atoms with van der Waals surface area (Å²) in [5, 5.41) is 32.1. The van der Waals surface area contributed by atoms with E-state index in [2.05, 4.69) is 5.10 Å². The zero-order chi connectivity index (χ0) is 17.1. The van der Waals surface area contributed by atoms with Gasteiger partial charge in [0.1, 0.15) is 11.5 Å². The summed E-state index contributed by atoms with van der Waals surface area (Å²) >= 11 is 0. The molecule has 0 amide bonds. The lowest BCUT2D eigenvalue weighted by atomic mass is 10.1. The molecule has 0 spiro atoms. The number of aromatic hydroxyl groups is 2. The number of carbonyl (C=O) groups is 1. The number of aromatic nitrogens is 2. The Labute approximate surface area is 137 Å². The third-order valence-electron chi connectivity index (χ3n) is 3.40. The number of phenols is 2. The van der Waals surface area contributed by atoms with Crippen LogP contribution in [0.5, 0.6) is 11.5 Å². The fraction of sp³-hybridized carbons (Fsp3) is 0. The molecule has 3 aromatic rings. The molecule has 0 unspecified atom stereocenters. The molecule has 3 N–H and O–H groups in total. The van der Waals surface area contributed by atoms with Crippen LogP contribution in [-0.4, -0.2) is 31.1 Å². The quantitative estimate of drug-likeness (QED) is 0.642. The summed E-state index contributed by atoms with van der Waals surface area (Å²) in [4.78, 5) is 10.8. The topological polar surface area (TPSA) is 95.6 Å². The van der Waals surface area contributed by atoms with E-state index in [9.17, 15) is 15.0 Å². The van der Waals surface area contributed by atoms with Crippen molar-refractivity contribution in [3.05, 3.63) is 66.4 Å². The van der Waals surface area contributed by atoms with E-state index in [1.54, 1.807) is 59.4 Å². The molecule has 0 atom stereocenters. The molecule has 6 heteroatoms. The van der Waals surface area contributed by atoms with E-state index in [0.717, 1.165) is 17.3 Å². The largest absolute Gasteiger partial charge is 0.508 e. The average Bonchev–Trinajstić information content (AvgIpc) is 2.98. The van der Waals surface area contributed by atoms with Crippen LogP contribution >= 0.6 is 0 Å². The fourth-order valence-electron chi connectivity index (χ4n) is 2.25. The van der Waals surface area contributed by atoms with Crippen LogP contribution in [0.2, 0.25) is 0 Å². The second-order valence-electron chi connectivity index (χ2n) is 5.11. The van der Waals surface area contributed by atoms with E-state index in [1.165, 1.54) is 6.08 Å². The van der Waals surface area contributed by atoms with Crippen LogP contribution < -0.4 is 0 Å². The van der Waals surface area contributed by atoms with Crippen molar-refractivity contribution in [2.24, 2.45) is 0 Å². The molecule has 0 aliphatic heterocycles. The summed E-state index contributed by atoms with van der Waals surface area (Å²) in [5.41, 5.74) is 2.68. The van der Waals surface area contributed by atoms with Gasteiger partial charge in [0.05, 0.1) is 11.4 Å². The summed E-state index contributed by atoms with van der Waals surface area (Å²) in [6.07, 6.45) is 4.21. The van der Waals surface area contributed by atoms with E-state index < -0.39 is 5.97 Å². The number of nitrogens with zero attached hydrogens (tertiary/aromatic N) is 2. The number of rotatable bonds is 4. The van der Waals surface area contributed by atoms with Gasteiger partial charge in [-0.1, -0.05) is 0 Å². The summed E-state index contributed by atoms with van der Waals surface area (Å²) in [6.45, 7) is 0. The maximum atomic E-state index is 10.8. The smallest absolute Gasteiger partial charge is 0.328 e. The second kappa shape index (κ2) is 6.29. The predicted molar refractivity (Wildman–Crippen MR) is 89.0 cm³/mol. The number of hydrogen-bond acceptors (Lipinski definition) is 4. The number of aliphatic carboxylic acids is 1. The van der Waals surface area contributed by atoms with Crippen molar-refractivity contribution in [1.29, 1.82) is 0 Å². The van der Waals surface area contributed by atoms with Gasteiger partial charge in [0, 0.05) is 23.4 Å². The third-order valence-corrected chi connectivity index (χ3v) is 3.40. The van der Waals surface area contributed by atoms with Gasteiger partial charge in [-0.15, -0.1) is 0 Å². The Hall–Kier alpha value is -3.54. The first-order valence-corrected chi connectivity index (χ1v) is 7.12. The van der Waals surface area contributed by atoms with Crippen molar-refractivity contribution in [3.8, 4) is 28.4 Å². The maximum Gasteiger partial charge on any atom is 0.328 e. The molecule has 0 saturated carbocycles. The monoisotopic (exact) mass is 322 g/mol. The van der Waals surface area contributed by atoms with Gasteiger partial charge in [-0.3, -0.25) is 0 Å². The Kier molecular flexibility index (Phi) is 4.03. The minimum Gasteiger partial charge on any atom is -0.508 e. The highest BCUT2D eigenvalue weighted by Crippen LogP contribution is 2.26. The van der Waals surface area contributed by atoms with Crippen molar-refractivity contribution in [2.75, 3.05) is 0 Å². The van der Waals surface area contributed by atoms with E-state index in [0.29, 0.717) is 11.3 Å². The van der Waals surface area contributed by atoms with Crippen LogP contribution in [0.3, 0.4) is 0 Å². The maximum absolute atomic E-state index is 10.8. The van der Waals surface area contributed by atoms with Crippen LogP contribution in [-0.2, 0) is 4.79 Å². The lowest BCUT2D eigenvalue weighted by molar-refractivity contribution is -0.131. The van der Waals surface area contributed by atoms with Crippen molar-refractivity contribution in [1.82, 2.24) is 9.78 Å². The van der Waals surface area contributed by atoms with Gasteiger partial charge in [0.25, 0.3) is 0 Å². The van der Waals surface area contributed by atoms with Crippen molar-refractivity contribution in [3.63, 3.8) is 0 Å². The van der Waals surface area contributed by atoms with E-state index in [4.69, 9.17) is 5.11 Å². The van der Waals surface area contributed by atoms with Crippen LogP contribution in [0.15, 0.2) is 60.8 Å². The van der Waals surface area contributed by atoms with Gasteiger partial charge < -0.3 is 15.3 Å². The minimum atomic E-state index is -1.05. The predicted octanol–water partition coefficient (Wildman–Crippen LogP) is 3.05. The molecule has 0 aliphatic carbocycles. The Morgan fingerprint density at radius 1 is 0.958 bits per heavy atom. The molecule has 0 bridgehead atoms. The normalized spacial score (nSPS) is 11.0. The summed E-state index contributed by atoms with van der Waals surface area (Å²) in [6, 6.07) is 13.0. The summed E-state index contributed by atoms with van der Waals surface area (Å²) in [7, 11) is 0. The van der Waals surface area contributed by atoms with E-state index >= 15 is 0 Å². The number of phenolic OH excluding ortho intramolecular Hbond substituents is 2. The highest BCUT2D eigenvalue weighted by molar-refractivity contribution is 5.87. The molecular weight excluding hydrogens is 308 g/mol. The molecule has 0 aliphatic rings. The van der Waals surface area contributed by atoms with Gasteiger partial charge in [-0.25, -0.2) is 9.48 Å². The molecule has 0 radical (unpaired) electrons. The third kappa shape index (κ3) is 3.27.